The largest absolute Gasteiger partial charge is 0.381 e. The van der Waals surface area contributed by atoms with E-state index in [2.05, 4.69) is 13.8 Å². The van der Waals surface area contributed by atoms with Crippen molar-refractivity contribution in [1.29, 1.82) is 0 Å². The summed E-state index contributed by atoms with van der Waals surface area (Å²) in [5.74, 6) is 0.671. The van der Waals surface area contributed by atoms with Gasteiger partial charge in [-0.05, 0) is 68.6 Å². The zero-order valence-corrected chi connectivity index (χ0v) is 14.8. The number of hydrogen-bond donors (Lipinski definition) is 1. The number of ketones is 2. The zero-order chi connectivity index (χ0) is 17.4. The van der Waals surface area contributed by atoms with Gasteiger partial charge in [0.15, 0.2) is 11.6 Å². The molecule has 0 unspecified atom stereocenters. The predicted octanol–water partition coefficient (Wildman–Crippen LogP) is 3.78. The number of carbonyl (C=O) groups excluding carboxylic acids is 2. The van der Waals surface area contributed by atoms with Gasteiger partial charge in [-0.1, -0.05) is 31.1 Å². The summed E-state index contributed by atoms with van der Waals surface area (Å²) in [7, 11) is 0. The molecule has 1 saturated carbocycles. The molecule has 0 aliphatic heterocycles. The van der Waals surface area contributed by atoms with Crippen LogP contribution >= 0.6 is 0 Å². The molecule has 1 fully saturated rings. The van der Waals surface area contributed by atoms with Crippen molar-refractivity contribution in [3.63, 3.8) is 0 Å². The number of allylic oxidation sites excluding steroid dienone is 4. The Kier molecular flexibility index (Phi) is 5.10. The van der Waals surface area contributed by atoms with Gasteiger partial charge in [0, 0.05) is 6.42 Å². The molecule has 0 amide bonds. The number of rotatable bonds is 0. The molecular formula is C20H28O3. The van der Waals surface area contributed by atoms with E-state index in [9.17, 15) is 14.7 Å². The smallest absolute Gasteiger partial charge is 0.190 e. The fourth-order valence-electron chi connectivity index (χ4n) is 3.71. The van der Waals surface area contributed by atoms with E-state index in [1.54, 1.807) is 19.9 Å². The molecule has 0 aromatic rings. The molecule has 3 heteroatoms. The summed E-state index contributed by atoms with van der Waals surface area (Å²) < 4.78 is 0. The van der Waals surface area contributed by atoms with Crippen molar-refractivity contribution in [1.82, 2.24) is 0 Å². The molecule has 1 N–H and O–H groups in total. The van der Waals surface area contributed by atoms with Gasteiger partial charge < -0.3 is 5.11 Å². The first-order valence-corrected chi connectivity index (χ1v) is 8.41. The third kappa shape index (κ3) is 4.08. The lowest BCUT2D eigenvalue weighted by atomic mass is 9.99. The Hall–Kier alpha value is -1.48. The van der Waals surface area contributed by atoms with Gasteiger partial charge in [-0.25, -0.2) is 0 Å². The van der Waals surface area contributed by atoms with E-state index in [0.717, 1.165) is 24.0 Å². The molecule has 2 aliphatic carbocycles. The fraction of sp³-hybridized carbons (Fsp3) is 0.600. The van der Waals surface area contributed by atoms with Crippen molar-refractivity contribution in [3.05, 3.63) is 34.9 Å². The highest BCUT2D eigenvalue weighted by Gasteiger charge is 2.55. The van der Waals surface area contributed by atoms with Crippen molar-refractivity contribution >= 4 is 11.6 Å². The number of carbonyl (C=O) groups is 2. The minimum Gasteiger partial charge on any atom is -0.381 e. The average Bonchev–Trinajstić information content (AvgIpc) is 2.94. The van der Waals surface area contributed by atoms with Gasteiger partial charge in [-0.3, -0.25) is 9.59 Å². The van der Waals surface area contributed by atoms with Gasteiger partial charge >= 0.3 is 0 Å². The van der Waals surface area contributed by atoms with Crippen molar-refractivity contribution < 1.29 is 14.7 Å². The lowest BCUT2D eigenvalue weighted by molar-refractivity contribution is -0.121. The van der Waals surface area contributed by atoms with E-state index in [4.69, 9.17) is 0 Å². The van der Waals surface area contributed by atoms with Gasteiger partial charge in [-0.2, -0.15) is 0 Å². The number of aliphatic hydroxyl groups excluding tert-OH is 1. The van der Waals surface area contributed by atoms with Crippen LogP contribution in [0.5, 0.6) is 0 Å². The molecule has 3 atom stereocenters. The quantitative estimate of drug-likeness (QED) is 0.692. The summed E-state index contributed by atoms with van der Waals surface area (Å²) in [5, 5.41) is 10.1. The minimum atomic E-state index is -1.16. The monoisotopic (exact) mass is 316 g/mol. The first-order chi connectivity index (χ1) is 10.6. The molecule has 0 aromatic carbocycles. The van der Waals surface area contributed by atoms with Gasteiger partial charge in [-0.15, -0.1) is 0 Å². The van der Waals surface area contributed by atoms with E-state index in [1.165, 1.54) is 6.08 Å². The lowest BCUT2D eigenvalue weighted by Gasteiger charge is -2.08. The average molecular weight is 316 g/mol. The highest BCUT2D eigenvalue weighted by molar-refractivity contribution is 5.99. The Labute approximate surface area is 139 Å². The Morgan fingerprint density at radius 1 is 1.09 bits per heavy atom. The van der Waals surface area contributed by atoms with Crippen LogP contribution in [0.2, 0.25) is 0 Å². The van der Waals surface area contributed by atoms with Gasteiger partial charge in [0.05, 0.1) is 0 Å². The number of fused-ring (bicyclic) bond motifs is 1. The normalized spacial score (nSPS) is 39.0. The first kappa shape index (κ1) is 17.9. The molecule has 2 aliphatic rings. The summed E-state index contributed by atoms with van der Waals surface area (Å²) >= 11 is 0. The number of hydrogen-bond acceptors (Lipinski definition) is 3. The van der Waals surface area contributed by atoms with Crippen molar-refractivity contribution in [2.45, 2.75) is 60.0 Å². The van der Waals surface area contributed by atoms with E-state index < -0.39 is 6.10 Å². The van der Waals surface area contributed by atoms with E-state index in [1.807, 2.05) is 13.0 Å². The zero-order valence-electron chi connectivity index (χ0n) is 14.8. The van der Waals surface area contributed by atoms with Gasteiger partial charge in [0.2, 0.25) is 0 Å². The second-order valence-electron chi connectivity index (χ2n) is 7.80. The molecule has 2 rings (SSSR count). The van der Waals surface area contributed by atoms with Gasteiger partial charge in [0.25, 0.3) is 0 Å². The molecule has 0 bridgehead atoms. The number of aliphatic hydroxyl groups is 1. The first-order valence-electron chi connectivity index (χ1n) is 8.41. The van der Waals surface area contributed by atoms with Crippen molar-refractivity contribution in [3.8, 4) is 0 Å². The maximum absolute atomic E-state index is 12.3. The van der Waals surface area contributed by atoms with E-state index in [0.29, 0.717) is 17.4 Å². The standard InChI is InChI=1S/C20H28O3/c1-12-6-7-16-17(20(16,4)5)11-14(3)19(23)18(22)10-13(2)9-15(21)8-12/h8,10-11,16-18,22H,6-7,9H2,1-5H3/b12-8-,13-10+,14-11+/t16-,17+,18+/m1/s1. The molecule has 0 radical (unpaired) electrons. The highest BCUT2D eigenvalue weighted by Crippen LogP contribution is 2.61. The second-order valence-corrected chi connectivity index (χ2v) is 7.80. The van der Waals surface area contributed by atoms with Crippen LogP contribution in [0.3, 0.4) is 0 Å². The second kappa shape index (κ2) is 6.56. The Balaban J connectivity index is 2.32. The molecule has 0 saturated heterocycles. The van der Waals surface area contributed by atoms with Gasteiger partial charge in [0.1, 0.15) is 6.10 Å². The molecule has 23 heavy (non-hydrogen) atoms. The summed E-state index contributed by atoms with van der Waals surface area (Å²) in [6.07, 6.45) is 6.29. The Morgan fingerprint density at radius 3 is 2.39 bits per heavy atom. The van der Waals surface area contributed by atoms with E-state index in [-0.39, 0.29) is 23.4 Å². The van der Waals surface area contributed by atoms with Crippen LogP contribution in [-0.4, -0.2) is 22.8 Å². The van der Waals surface area contributed by atoms with Crippen LogP contribution < -0.4 is 0 Å². The maximum Gasteiger partial charge on any atom is 0.190 e. The summed E-state index contributed by atoms with van der Waals surface area (Å²) in [4.78, 5) is 24.4. The third-order valence-corrected chi connectivity index (χ3v) is 5.38. The summed E-state index contributed by atoms with van der Waals surface area (Å²) in [6.45, 7) is 10.0. The maximum atomic E-state index is 12.3. The molecule has 0 spiro atoms. The van der Waals surface area contributed by atoms with Crippen LogP contribution in [0.15, 0.2) is 34.9 Å². The Bertz CT molecular complexity index is 604. The fourth-order valence-corrected chi connectivity index (χ4v) is 3.71. The molecule has 3 nitrogen and oxygen atoms in total. The minimum absolute atomic E-state index is 0.0341. The van der Waals surface area contributed by atoms with Crippen LogP contribution in [0.1, 0.15) is 53.9 Å². The highest BCUT2D eigenvalue weighted by atomic mass is 16.3. The predicted molar refractivity (Wildman–Crippen MR) is 91.9 cm³/mol. The molecule has 0 heterocycles. The molecule has 126 valence electrons. The van der Waals surface area contributed by atoms with Crippen LogP contribution in [0, 0.1) is 17.3 Å². The topological polar surface area (TPSA) is 54.4 Å². The van der Waals surface area contributed by atoms with E-state index >= 15 is 0 Å². The van der Waals surface area contributed by atoms with Crippen LogP contribution in [0.25, 0.3) is 0 Å². The van der Waals surface area contributed by atoms with Crippen LogP contribution in [0.4, 0.5) is 0 Å². The SMILES string of the molecule is C/C1=C/C(=O)C/C(C)=C/[C@H](O)C(=O)/C(C)=C/[C@H]2[C@@H](CC1)C2(C)C. The molecule has 0 aromatic heterocycles. The number of Topliss-reactive ketones (excluding diaryl/α,β-unsaturated/α-hetero) is 1. The summed E-state index contributed by atoms with van der Waals surface area (Å²) in [6, 6.07) is 0. The van der Waals surface area contributed by atoms with Crippen molar-refractivity contribution in [2.75, 3.05) is 0 Å². The summed E-state index contributed by atoms with van der Waals surface area (Å²) in [5.41, 5.74) is 2.65. The third-order valence-electron chi connectivity index (χ3n) is 5.38. The van der Waals surface area contributed by atoms with Crippen molar-refractivity contribution in [2.24, 2.45) is 17.3 Å². The Morgan fingerprint density at radius 2 is 1.74 bits per heavy atom. The lowest BCUT2D eigenvalue weighted by Crippen LogP contribution is -2.19. The van der Waals surface area contributed by atoms with Crippen LogP contribution in [-0.2, 0) is 9.59 Å². The molecular weight excluding hydrogens is 288 g/mol.